The van der Waals surface area contributed by atoms with Crippen LogP contribution in [-0.2, 0) is 13.6 Å². The van der Waals surface area contributed by atoms with Gasteiger partial charge in [-0.2, -0.15) is 0 Å². The number of hydrogen-bond donors (Lipinski definition) is 2. The van der Waals surface area contributed by atoms with Crippen molar-refractivity contribution in [3.05, 3.63) is 52.3 Å². The van der Waals surface area contributed by atoms with E-state index in [1.54, 1.807) is 12.1 Å². The van der Waals surface area contributed by atoms with Crippen LogP contribution in [0.15, 0.2) is 24.3 Å². The molecule has 0 aliphatic carbocycles. The normalized spacial score (nSPS) is 13.3. The maximum Gasteiger partial charge on any atom is 0.259 e. The van der Waals surface area contributed by atoms with E-state index in [2.05, 4.69) is 35.1 Å². The van der Waals surface area contributed by atoms with Crippen LogP contribution < -0.4 is 10.6 Å². The van der Waals surface area contributed by atoms with Crippen LogP contribution in [0.1, 0.15) is 37.7 Å². The Morgan fingerprint density at radius 3 is 2.48 bits per heavy atom. The lowest BCUT2D eigenvalue weighted by atomic mass is 10.1. The molecule has 2 amide bonds. The van der Waals surface area contributed by atoms with Crippen LogP contribution in [0, 0.1) is 13.8 Å². The summed E-state index contributed by atoms with van der Waals surface area (Å²) in [4.78, 5) is 23.1. The number of carbonyl (C=O) groups is 2. The number of nitrogens with zero attached hydrogens (tertiary/aromatic N) is 1. The summed E-state index contributed by atoms with van der Waals surface area (Å²) >= 11 is 0. The lowest BCUT2D eigenvalue weighted by Crippen LogP contribution is -2.19. The van der Waals surface area contributed by atoms with Gasteiger partial charge in [0.2, 0.25) is 0 Å². The number of hydrogen-bond acceptors (Lipinski definition) is 3. The fraction of sp³-hybridized carbons (Fsp3) is 0.250. The van der Waals surface area contributed by atoms with Crippen LogP contribution in [0.4, 0.5) is 5.69 Å². The van der Waals surface area contributed by atoms with E-state index >= 15 is 0 Å². The summed E-state index contributed by atoms with van der Waals surface area (Å²) in [5.74, 6) is -0.651. The molecular formula is C16H17N3O2. The molecule has 1 aromatic heterocycles. The standard InChI is InChI=1S/C16H17N3O2/c1-9-6-11(10(2)19(9)3)8-17-12-4-5-13-14(7-12)16(21)18-15(13)20/h4-7,17H,8H2,1-3H3,(H,18,20,21). The lowest BCUT2D eigenvalue weighted by molar-refractivity contribution is 0.0879. The van der Waals surface area contributed by atoms with Crippen LogP contribution in [0.25, 0.3) is 0 Å². The first kappa shape index (κ1) is 13.4. The highest BCUT2D eigenvalue weighted by Crippen LogP contribution is 2.21. The molecule has 0 unspecified atom stereocenters. The largest absolute Gasteiger partial charge is 0.381 e. The highest BCUT2D eigenvalue weighted by molar-refractivity contribution is 6.21. The molecule has 5 heteroatoms. The van der Waals surface area contributed by atoms with Gasteiger partial charge in [0, 0.05) is 30.7 Å². The third-order valence-electron chi connectivity index (χ3n) is 4.10. The molecule has 2 aromatic rings. The van der Waals surface area contributed by atoms with Crippen molar-refractivity contribution in [3.8, 4) is 0 Å². The number of benzene rings is 1. The van der Waals surface area contributed by atoms with Crippen molar-refractivity contribution in [3.63, 3.8) is 0 Å². The number of fused-ring (bicyclic) bond motifs is 1. The van der Waals surface area contributed by atoms with E-state index < -0.39 is 0 Å². The van der Waals surface area contributed by atoms with E-state index in [1.807, 2.05) is 13.1 Å². The molecule has 0 saturated carbocycles. The second kappa shape index (κ2) is 4.77. The number of aryl methyl sites for hydroxylation is 1. The molecule has 108 valence electrons. The Kier molecular flexibility index (Phi) is 3.05. The van der Waals surface area contributed by atoms with Crippen LogP contribution in [0.3, 0.4) is 0 Å². The van der Waals surface area contributed by atoms with E-state index in [-0.39, 0.29) is 11.8 Å². The van der Waals surface area contributed by atoms with Gasteiger partial charge in [0.1, 0.15) is 0 Å². The Bertz CT molecular complexity index is 759. The molecule has 3 rings (SSSR count). The smallest absolute Gasteiger partial charge is 0.259 e. The summed E-state index contributed by atoms with van der Waals surface area (Å²) in [5, 5.41) is 5.60. The molecule has 0 spiro atoms. The zero-order valence-electron chi connectivity index (χ0n) is 12.3. The quantitative estimate of drug-likeness (QED) is 0.848. The molecule has 1 aliphatic rings. The van der Waals surface area contributed by atoms with Crippen molar-refractivity contribution in [2.45, 2.75) is 20.4 Å². The van der Waals surface area contributed by atoms with Crippen molar-refractivity contribution in [2.75, 3.05) is 5.32 Å². The number of imide groups is 1. The van der Waals surface area contributed by atoms with Gasteiger partial charge >= 0.3 is 0 Å². The maximum atomic E-state index is 11.6. The van der Waals surface area contributed by atoms with E-state index in [1.165, 1.54) is 17.0 Å². The summed E-state index contributed by atoms with van der Waals surface area (Å²) in [7, 11) is 2.04. The van der Waals surface area contributed by atoms with Gasteiger partial charge in [-0.25, -0.2) is 0 Å². The predicted molar refractivity (Wildman–Crippen MR) is 80.5 cm³/mol. The van der Waals surface area contributed by atoms with E-state index in [4.69, 9.17) is 0 Å². The Hall–Kier alpha value is -2.56. The third kappa shape index (κ3) is 2.20. The highest BCUT2D eigenvalue weighted by Gasteiger charge is 2.26. The van der Waals surface area contributed by atoms with Crippen LogP contribution in [0.5, 0.6) is 0 Å². The van der Waals surface area contributed by atoms with Gasteiger partial charge in [0.25, 0.3) is 11.8 Å². The van der Waals surface area contributed by atoms with Crippen LogP contribution in [0.2, 0.25) is 0 Å². The summed E-state index contributed by atoms with van der Waals surface area (Å²) in [5.41, 5.74) is 5.36. The summed E-state index contributed by atoms with van der Waals surface area (Å²) in [6.07, 6.45) is 0. The second-order valence-corrected chi connectivity index (χ2v) is 5.35. The molecule has 21 heavy (non-hydrogen) atoms. The molecule has 0 atom stereocenters. The summed E-state index contributed by atoms with van der Waals surface area (Å²) in [6.45, 7) is 4.84. The molecular weight excluding hydrogens is 266 g/mol. The topological polar surface area (TPSA) is 63.1 Å². The monoisotopic (exact) mass is 283 g/mol. The van der Waals surface area contributed by atoms with Gasteiger partial charge in [-0.1, -0.05) is 0 Å². The van der Waals surface area contributed by atoms with Crippen molar-refractivity contribution in [1.82, 2.24) is 9.88 Å². The van der Waals surface area contributed by atoms with Crippen LogP contribution >= 0.6 is 0 Å². The Balaban J connectivity index is 1.80. The van der Waals surface area contributed by atoms with Gasteiger partial charge in [-0.15, -0.1) is 0 Å². The molecule has 0 radical (unpaired) electrons. The molecule has 0 saturated heterocycles. The lowest BCUT2D eigenvalue weighted by Gasteiger charge is -2.08. The first-order chi connectivity index (χ1) is 9.97. The molecule has 0 bridgehead atoms. The molecule has 5 nitrogen and oxygen atoms in total. The van der Waals surface area contributed by atoms with Crippen molar-refractivity contribution >= 4 is 17.5 Å². The molecule has 0 fully saturated rings. The minimum Gasteiger partial charge on any atom is -0.381 e. The van der Waals surface area contributed by atoms with E-state index in [0.717, 1.165) is 5.69 Å². The molecule has 2 N–H and O–H groups in total. The molecule has 1 aromatic carbocycles. The predicted octanol–water partition coefficient (Wildman–Crippen LogP) is 2.14. The first-order valence-corrected chi connectivity index (χ1v) is 6.83. The second-order valence-electron chi connectivity index (χ2n) is 5.35. The summed E-state index contributed by atoms with van der Waals surface area (Å²) < 4.78 is 2.14. The number of carbonyl (C=O) groups excluding carboxylic acids is 2. The number of anilines is 1. The molecule has 2 heterocycles. The summed E-state index contributed by atoms with van der Waals surface area (Å²) in [6, 6.07) is 7.37. The Morgan fingerprint density at radius 2 is 1.81 bits per heavy atom. The van der Waals surface area contributed by atoms with E-state index in [0.29, 0.717) is 17.7 Å². The van der Waals surface area contributed by atoms with Crippen LogP contribution in [-0.4, -0.2) is 16.4 Å². The average molecular weight is 283 g/mol. The Morgan fingerprint density at radius 1 is 1.10 bits per heavy atom. The van der Waals surface area contributed by atoms with Crippen molar-refractivity contribution < 1.29 is 9.59 Å². The van der Waals surface area contributed by atoms with Crippen molar-refractivity contribution in [1.29, 1.82) is 0 Å². The Labute approximate surface area is 123 Å². The van der Waals surface area contributed by atoms with Gasteiger partial charge in [0.05, 0.1) is 11.1 Å². The van der Waals surface area contributed by atoms with Gasteiger partial charge in [-0.05, 0) is 43.7 Å². The minimum atomic E-state index is -0.328. The molecule has 1 aliphatic heterocycles. The SMILES string of the molecule is Cc1cc(CNc2ccc3c(c2)C(=O)NC3=O)c(C)n1C. The van der Waals surface area contributed by atoms with Gasteiger partial charge < -0.3 is 9.88 Å². The van der Waals surface area contributed by atoms with Gasteiger partial charge in [0.15, 0.2) is 0 Å². The fourth-order valence-electron chi connectivity index (χ4n) is 2.59. The zero-order chi connectivity index (χ0) is 15.1. The minimum absolute atomic E-state index is 0.323. The number of nitrogens with one attached hydrogen (secondary N) is 2. The highest BCUT2D eigenvalue weighted by atomic mass is 16.2. The van der Waals surface area contributed by atoms with Crippen molar-refractivity contribution in [2.24, 2.45) is 7.05 Å². The average Bonchev–Trinajstić information content (AvgIpc) is 2.88. The zero-order valence-corrected chi connectivity index (χ0v) is 12.3. The van der Waals surface area contributed by atoms with Gasteiger partial charge in [-0.3, -0.25) is 14.9 Å². The number of aromatic nitrogens is 1. The first-order valence-electron chi connectivity index (χ1n) is 6.83. The number of amides is 2. The maximum absolute atomic E-state index is 11.6. The number of rotatable bonds is 3. The third-order valence-corrected chi connectivity index (χ3v) is 4.10. The fourth-order valence-corrected chi connectivity index (χ4v) is 2.59. The van der Waals surface area contributed by atoms with E-state index in [9.17, 15) is 9.59 Å².